The van der Waals surface area contributed by atoms with Gasteiger partial charge < -0.3 is 4.90 Å². The van der Waals surface area contributed by atoms with Crippen LogP contribution in [0.1, 0.15) is 25.2 Å². The molecule has 0 saturated carbocycles. The molecule has 2 aromatic carbocycles. The van der Waals surface area contributed by atoms with Gasteiger partial charge in [-0.05, 0) is 55.8 Å². The van der Waals surface area contributed by atoms with Crippen LogP contribution in [0.5, 0.6) is 0 Å². The van der Waals surface area contributed by atoms with Crippen molar-refractivity contribution < 1.29 is 0 Å². The van der Waals surface area contributed by atoms with E-state index in [2.05, 4.69) is 23.7 Å². The second-order valence-corrected chi connectivity index (χ2v) is 6.50. The van der Waals surface area contributed by atoms with Crippen molar-refractivity contribution in [3.8, 4) is 0 Å². The molecule has 0 radical (unpaired) electrons. The lowest BCUT2D eigenvalue weighted by atomic mass is 10.2. The van der Waals surface area contributed by atoms with E-state index in [1.54, 1.807) is 0 Å². The molecule has 3 nitrogen and oxygen atoms in total. The zero-order chi connectivity index (χ0) is 17.8. The highest BCUT2D eigenvalue weighted by Crippen LogP contribution is 2.27. The number of anilines is 1. The van der Waals surface area contributed by atoms with Crippen LogP contribution < -0.4 is 4.90 Å². The summed E-state index contributed by atoms with van der Waals surface area (Å²) in [5.41, 5.74) is 1.89. The molecule has 0 amide bonds. The molecule has 5 heteroatoms. The molecule has 0 aliphatic heterocycles. The summed E-state index contributed by atoms with van der Waals surface area (Å²) in [6.45, 7) is 6.00. The fraction of sp³-hybridized carbons (Fsp3) is 0.200. The first-order chi connectivity index (χ1) is 12.1. The first-order valence-electron chi connectivity index (χ1n) is 8.26. The lowest BCUT2D eigenvalue weighted by molar-refractivity contribution is 0.847. The Morgan fingerprint density at radius 2 is 1.56 bits per heavy atom. The Balaban J connectivity index is 2.07. The van der Waals surface area contributed by atoms with E-state index in [1.807, 2.05) is 54.6 Å². The smallest absolute Gasteiger partial charge is 0.154 e. The van der Waals surface area contributed by atoms with Gasteiger partial charge in [-0.3, -0.25) is 0 Å². The summed E-state index contributed by atoms with van der Waals surface area (Å²) in [4.78, 5) is 11.6. The monoisotopic (exact) mass is 371 g/mol. The van der Waals surface area contributed by atoms with Crippen molar-refractivity contribution in [1.82, 2.24) is 9.97 Å². The summed E-state index contributed by atoms with van der Waals surface area (Å²) in [6, 6.07) is 13.4. The number of aromatic nitrogens is 2. The minimum absolute atomic E-state index is 0.659. The average Bonchev–Trinajstić information content (AvgIpc) is 2.62. The maximum absolute atomic E-state index is 6.15. The van der Waals surface area contributed by atoms with Crippen molar-refractivity contribution in [3.63, 3.8) is 0 Å². The van der Waals surface area contributed by atoms with Crippen LogP contribution in [0.3, 0.4) is 0 Å². The van der Waals surface area contributed by atoms with Gasteiger partial charge in [0.2, 0.25) is 0 Å². The van der Waals surface area contributed by atoms with Crippen molar-refractivity contribution in [2.75, 3.05) is 18.0 Å². The fourth-order valence-electron chi connectivity index (χ4n) is 2.69. The standard InChI is InChI=1S/C20H19Cl2N3/c1-3-25(4-2)20-17-11-10-16(22)13-18(17)23-19(24-20)12-7-14-5-8-15(21)9-6-14/h5-13H,3-4H2,1-2H3/b12-7+. The van der Waals surface area contributed by atoms with E-state index >= 15 is 0 Å². The van der Waals surface area contributed by atoms with Crippen LogP contribution in [0.25, 0.3) is 23.1 Å². The minimum atomic E-state index is 0.659. The van der Waals surface area contributed by atoms with E-state index < -0.39 is 0 Å². The van der Waals surface area contributed by atoms with Crippen LogP contribution in [0.15, 0.2) is 42.5 Å². The Kier molecular flexibility index (Phi) is 5.57. The molecule has 1 aromatic heterocycles. The summed E-state index contributed by atoms with van der Waals surface area (Å²) < 4.78 is 0. The van der Waals surface area contributed by atoms with Gasteiger partial charge in [0.25, 0.3) is 0 Å². The number of hydrogen-bond donors (Lipinski definition) is 0. The van der Waals surface area contributed by atoms with Gasteiger partial charge in [0, 0.05) is 28.5 Å². The highest BCUT2D eigenvalue weighted by atomic mass is 35.5. The quantitative estimate of drug-likeness (QED) is 0.554. The lowest BCUT2D eigenvalue weighted by Crippen LogP contribution is -2.23. The molecule has 0 saturated heterocycles. The Bertz CT molecular complexity index is 901. The van der Waals surface area contributed by atoms with E-state index in [9.17, 15) is 0 Å². The number of benzene rings is 2. The number of rotatable bonds is 5. The van der Waals surface area contributed by atoms with Crippen molar-refractivity contribution in [1.29, 1.82) is 0 Å². The molecule has 0 N–H and O–H groups in total. The first kappa shape index (κ1) is 17.7. The van der Waals surface area contributed by atoms with Gasteiger partial charge in [-0.15, -0.1) is 0 Å². The van der Waals surface area contributed by atoms with Crippen molar-refractivity contribution in [3.05, 3.63) is 63.9 Å². The van der Waals surface area contributed by atoms with Crippen LogP contribution in [0.4, 0.5) is 5.82 Å². The largest absolute Gasteiger partial charge is 0.357 e. The van der Waals surface area contributed by atoms with Crippen LogP contribution in [0, 0.1) is 0 Å². The molecule has 0 spiro atoms. The normalized spacial score (nSPS) is 11.4. The number of hydrogen-bond acceptors (Lipinski definition) is 3. The number of fused-ring (bicyclic) bond motifs is 1. The third-order valence-electron chi connectivity index (χ3n) is 4.01. The Labute approximate surface area is 157 Å². The Morgan fingerprint density at radius 1 is 0.880 bits per heavy atom. The predicted octanol–water partition coefficient (Wildman–Crippen LogP) is 5.95. The van der Waals surface area contributed by atoms with Crippen LogP contribution >= 0.6 is 23.2 Å². The first-order valence-corrected chi connectivity index (χ1v) is 9.02. The molecule has 0 unspecified atom stereocenters. The molecule has 25 heavy (non-hydrogen) atoms. The SMILES string of the molecule is CCN(CC)c1nc(/C=C/c2ccc(Cl)cc2)nc2cc(Cl)ccc12. The van der Waals surface area contributed by atoms with Crippen LogP contribution in [-0.2, 0) is 0 Å². The third kappa shape index (κ3) is 4.12. The minimum Gasteiger partial charge on any atom is -0.357 e. The van der Waals surface area contributed by atoms with Crippen molar-refractivity contribution >= 4 is 52.1 Å². The highest BCUT2D eigenvalue weighted by molar-refractivity contribution is 6.31. The molecular formula is C20H19Cl2N3. The van der Waals surface area contributed by atoms with Gasteiger partial charge in [-0.25, -0.2) is 9.97 Å². The molecule has 0 aliphatic carbocycles. The summed E-state index contributed by atoms with van der Waals surface area (Å²) in [5, 5.41) is 2.40. The maximum Gasteiger partial charge on any atom is 0.154 e. The second-order valence-electron chi connectivity index (χ2n) is 5.62. The predicted molar refractivity (Wildman–Crippen MR) is 108 cm³/mol. The zero-order valence-electron chi connectivity index (χ0n) is 14.2. The topological polar surface area (TPSA) is 29.0 Å². The van der Waals surface area contributed by atoms with E-state index in [-0.39, 0.29) is 0 Å². The number of halogens is 2. The van der Waals surface area contributed by atoms with Gasteiger partial charge in [0.05, 0.1) is 5.52 Å². The third-order valence-corrected chi connectivity index (χ3v) is 4.50. The fourth-order valence-corrected chi connectivity index (χ4v) is 2.98. The van der Waals surface area contributed by atoms with Crippen molar-refractivity contribution in [2.24, 2.45) is 0 Å². The number of nitrogens with zero attached hydrogens (tertiary/aromatic N) is 3. The molecule has 0 fully saturated rings. The van der Waals surface area contributed by atoms with Gasteiger partial charge in [0.15, 0.2) is 5.82 Å². The molecule has 3 aromatic rings. The second kappa shape index (κ2) is 7.85. The summed E-state index contributed by atoms with van der Waals surface area (Å²) in [5.74, 6) is 1.59. The van der Waals surface area contributed by atoms with Gasteiger partial charge >= 0.3 is 0 Å². The van der Waals surface area contributed by atoms with Crippen LogP contribution in [0.2, 0.25) is 10.0 Å². The summed E-state index contributed by atoms with van der Waals surface area (Å²) >= 11 is 12.1. The molecule has 128 valence electrons. The zero-order valence-corrected chi connectivity index (χ0v) is 15.7. The lowest BCUT2D eigenvalue weighted by Gasteiger charge is -2.21. The summed E-state index contributed by atoms with van der Waals surface area (Å²) in [6.07, 6.45) is 3.89. The van der Waals surface area contributed by atoms with Crippen LogP contribution in [-0.4, -0.2) is 23.1 Å². The van der Waals surface area contributed by atoms with Crippen molar-refractivity contribution in [2.45, 2.75) is 13.8 Å². The molecule has 3 rings (SSSR count). The van der Waals surface area contributed by atoms with E-state index in [0.717, 1.165) is 40.4 Å². The van der Waals surface area contributed by atoms with E-state index in [4.69, 9.17) is 28.2 Å². The molecule has 0 bridgehead atoms. The van der Waals surface area contributed by atoms with Gasteiger partial charge in [0.1, 0.15) is 5.82 Å². The van der Waals surface area contributed by atoms with Gasteiger partial charge in [-0.1, -0.05) is 41.4 Å². The summed E-state index contributed by atoms with van der Waals surface area (Å²) in [7, 11) is 0. The van der Waals surface area contributed by atoms with Gasteiger partial charge in [-0.2, -0.15) is 0 Å². The van der Waals surface area contributed by atoms with E-state index in [1.165, 1.54) is 0 Å². The molecular weight excluding hydrogens is 353 g/mol. The Hall–Kier alpha value is -2.10. The Morgan fingerprint density at radius 3 is 2.24 bits per heavy atom. The maximum atomic E-state index is 6.15. The average molecular weight is 372 g/mol. The molecule has 0 atom stereocenters. The molecule has 0 aliphatic rings. The molecule has 1 heterocycles. The highest BCUT2D eigenvalue weighted by Gasteiger charge is 2.11. The van der Waals surface area contributed by atoms with E-state index in [0.29, 0.717) is 10.8 Å².